The normalized spacial score (nSPS) is 12.2. The van der Waals surface area contributed by atoms with Gasteiger partial charge in [-0.05, 0) is 63.1 Å². The maximum absolute atomic E-state index is 13.6. The van der Waals surface area contributed by atoms with Crippen molar-refractivity contribution in [2.24, 2.45) is 0 Å². The summed E-state index contributed by atoms with van der Waals surface area (Å²) in [4.78, 5) is 13.8. The number of rotatable bonds is 13. The van der Waals surface area contributed by atoms with Gasteiger partial charge in [-0.1, -0.05) is 32.0 Å². The van der Waals surface area contributed by atoms with Crippen molar-refractivity contribution >= 4 is 5.97 Å². The molecule has 0 aliphatic heterocycles. The predicted octanol–water partition coefficient (Wildman–Crippen LogP) is 5.28. The highest BCUT2D eigenvalue weighted by atomic mass is 19.1. The van der Waals surface area contributed by atoms with Gasteiger partial charge in [-0.3, -0.25) is 9.69 Å². The van der Waals surface area contributed by atoms with Crippen LogP contribution in [0.15, 0.2) is 54.6 Å². The second-order valence-corrected chi connectivity index (χ2v) is 9.00. The fraction of sp³-hybridized carbons (Fsp3) is 0.429. The molecule has 0 aliphatic rings. The van der Waals surface area contributed by atoms with Crippen LogP contribution in [-0.2, 0) is 22.5 Å². The number of halogens is 1. The summed E-state index contributed by atoms with van der Waals surface area (Å²) >= 11 is 0. The van der Waals surface area contributed by atoms with Crippen molar-refractivity contribution in [3.05, 3.63) is 71.7 Å². The topological polar surface area (TPSA) is 76.8 Å². The van der Waals surface area contributed by atoms with E-state index in [1.165, 1.54) is 12.1 Å². The van der Waals surface area contributed by atoms with Crippen LogP contribution in [0.4, 0.5) is 4.39 Å². The van der Waals surface area contributed by atoms with Crippen molar-refractivity contribution in [1.82, 2.24) is 14.7 Å². The number of carbonyl (C=O) groups excluding carboxylic acids is 1. The Balaban J connectivity index is 1.92. The molecule has 0 saturated heterocycles. The fourth-order valence-electron chi connectivity index (χ4n) is 3.83. The van der Waals surface area contributed by atoms with Crippen LogP contribution in [0.2, 0.25) is 0 Å². The number of hydrogen-bond acceptors (Lipinski definition) is 6. The maximum Gasteiger partial charge on any atom is 0.305 e. The quantitative estimate of drug-likeness (QED) is 0.324. The average Bonchev–Trinajstić information content (AvgIpc) is 3.20. The summed E-state index contributed by atoms with van der Waals surface area (Å²) in [6.07, 6.45) is 0.875. The molecule has 7 nitrogen and oxygen atoms in total. The number of nitrogens with zero attached hydrogens (tertiary/aromatic N) is 3. The third-order valence-corrected chi connectivity index (χ3v) is 5.81. The zero-order valence-corrected chi connectivity index (χ0v) is 21.5. The number of carbonyl (C=O) groups is 1. The summed E-state index contributed by atoms with van der Waals surface area (Å²) in [7, 11) is 0. The lowest BCUT2D eigenvalue weighted by atomic mass is 10.1. The van der Waals surface area contributed by atoms with Gasteiger partial charge in [0.2, 0.25) is 5.88 Å². The highest BCUT2D eigenvalue weighted by molar-refractivity contribution is 5.69. The Morgan fingerprint density at radius 3 is 2.42 bits per heavy atom. The van der Waals surface area contributed by atoms with Crippen LogP contribution in [-0.4, -0.2) is 51.1 Å². The van der Waals surface area contributed by atoms with Crippen molar-refractivity contribution < 1.29 is 23.8 Å². The summed E-state index contributed by atoms with van der Waals surface area (Å²) in [6, 6.07) is 15.6. The second-order valence-electron chi connectivity index (χ2n) is 9.00. The molecule has 3 aromatic rings. The number of aromatic nitrogens is 2. The number of aliphatic hydroxyl groups excluding tert-OH is 1. The first kappa shape index (κ1) is 27.4. The van der Waals surface area contributed by atoms with Gasteiger partial charge in [-0.2, -0.15) is 5.10 Å². The Morgan fingerprint density at radius 2 is 1.81 bits per heavy atom. The molecule has 0 aliphatic carbocycles. The highest BCUT2D eigenvalue weighted by Gasteiger charge is 2.25. The smallest absolute Gasteiger partial charge is 0.305 e. The molecule has 1 N–H and O–H groups in total. The monoisotopic (exact) mass is 497 g/mol. The lowest BCUT2D eigenvalue weighted by Crippen LogP contribution is -2.39. The van der Waals surface area contributed by atoms with Crippen molar-refractivity contribution in [1.29, 1.82) is 0 Å². The zero-order chi connectivity index (χ0) is 26.1. The van der Waals surface area contributed by atoms with E-state index in [4.69, 9.17) is 14.6 Å². The minimum Gasteiger partial charge on any atom is -0.463 e. The van der Waals surface area contributed by atoms with Gasteiger partial charge in [0.05, 0.1) is 16.9 Å². The van der Waals surface area contributed by atoms with Crippen LogP contribution in [0.3, 0.4) is 0 Å². The third-order valence-electron chi connectivity index (χ3n) is 5.81. The van der Waals surface area contributed by atoms with Gasteiger partial charge in [-0.25, -0.2) is 9.07 Å². The van der Waals surface area contributed by atoms with Gasteiger partial charge in [0.1, 0.15) is 24.3 Å². The first-order chi connectivity index (χ1) is 17.3. The van der Waals surface area contributed by atoms with Crippen LogP contribution in [0, 0.1) is 5.82 Å². The maximum atomic E-state index is 13.6. The van der Waals surface area contributed by atoms with Gasteiger partial charge in [0.15, 0.2) is 0 Å². The zero-order valence-electron chi connectivity index (χ0n) is 21.5. The standard InChI is InChI=1S/C28H36FN3O4/c1-5-10-27(34)35-19-23(33)17-31(20(3)4)18-25-26(6-2)30-32(22-15-13-21(29)14-16-22)28(25)36-24-11-8-7-9-12-24/h7-9,11-16,20,23,33H,5-6,10,17-19H2,1-4H3. The van der Waals surface area contributed by atoms with Crippen LogP contribution >= 0.6 is 0 Å². The van der Waals surface area contributed by atoms with E-state index in [-0.39, 0.29) is 24.4 Å². The average molecular weight is 498 g/mol. The number of aliphatic hydroxyl groups is 1. The van der Waals surface area contributed by atoms with E-state index in [1.54, 1.807) is 16.8 Å². The van der Waals surface area contributed by atoms with E-state index >= 15 is 0 Å². The fourth-order valence-corrected chi connectivity index (χ4v) is 3.83. The number of para-hydroxylation sites is 1. The second kappa shape index (κ2) is 13.2. The van der Waals surface area contributed by atoms with E-state index in [0.717, 1.165) is 11.3 Å². The van der Waals surface area contributed by atoms with Gasteiger partial charge in [0.25, 0.3) is 0 Å². The molecule has 0 fully saturated rings. The van der Waals surface area contributed by atoms with Crippen LogP contribution in [0.1, 0.15) is 51.8 Å². The summed E-state index contributed by atoms with van der Waals surface area (Å²) in [5.41, 5.74) is 2.41. The predicted molar refractivity (Wildman–Crippen MR) is 137 cm³/mol. The van der Waals surface area contributed by atoms with Gasteiger partial charge >= 0.3 is 5.97 Å². The minimum atomic E-state index is -0.830. The summed E-state index contributed by atoms with van der Waals surface area (Å²) in [6.45, 7) is 8.74. The van der Waals surface area contributed by atoms with Crippen LogP contribution in [0.5, 0.6) is 11.6 Å². The Bertz CT molecular complexity index is 1100. The van der Waals surface area contributed by atoms with E-state index < -0.39 is 6.10 Å². The number of ether oxygens (including phenoxy) is 2. The molecule has 194 valence electrons. The van der Waals surface area contributed by atoms with E-state index in [0.29, 0.717) is 49.7 Å². The number of aryl methyl sites for hydroxylation is 1. The summed E-state index contributed by atoms with van der Waals surface area (Å²) < 4.78 is 26.9. The van der Waals surface area contributed by atoms with Gasteiger partial charge < -0.3 is 14.6 Å². The SMILES string of the molecule is CCCC(=O)OCC(O)CN(Cc1c(CC)nn(-c2ccc(F)cc2)c1Oc1ccccc1)C(C)C. The summed E-state index contributed by atoms with van der Waals surface area (Å²) in [5.74, 6) is 0.565. The molecular formula is C28H36FN3O4. The molecule has 8 heteroatoms. The van der Waals surface area contributed by atoms with Crippen molar-refractivity contribution in [2.75, 3.05) is 13.2 Å². The lowest BCUT2D eigenvalue weighted by molar-refractivity contribution is -0.147. The van der Waals surface area contributed by atoms with E-state index in [2.05, 4.69) is 4.90 Å². The Kier molecular flexibility index (Phi) is 10.0. The molecule has 3 rings (SSSR count). The molecule has 1 heterocycles. The van der Waals surface area contributed by atoms with Gasteiger partial charge in [-0.15, -0.1) is 0 Å². The Labute approximate surface area is 212 Å². The van der Waals surface area contributed by atoms with Crippen molar-refractivity contribution in [2.45, 2.75) is 65.6 Å². The molecule has 1 aromatic heterocycles. The molecule has 0 spiro atoms. The van der Waals surface area contributed by atoms with Gasteiger partial charge in [0, 0.05) is 25.6 Å². The molecule has 0 radical (unpaired) electrons. The van der Waals surface area contributed by atoms with Crippen molar-refractivity contribution in [3.8, 4) is 17.3 Å². The highest BCUT2D eigenvalue weighted by Crippen LogP contribution is 2.32. The first-order valence-electron chi connectivity index (χ1n) is 12.5. The summed E-state index contributed by atoms with van der Waals surface area (Å²) in [5, 5.41) is 15.4. The van der Waals surface area contributed by atoms with E-state index in [1.807, 2.05) is 58.0 Å². The number of benzene rings is 2. The van der Waals surface area contributed by atoms with Crippen LogP contribution < -0.4 is 4.74 Å². The first-order valence-corrected chi connectivity index (χ1v) is 12.5. The molecule has 0 bridgehead atoms. The minimum absolute atomic E-state index is 0.0507. The molecule has 0 amide bonds. The van der Waals surface area contributed by atoms with Crippen molar-refractivity contribution in [3.63, 3.8) is 0 Å². The largest absolute Gasteiger partial charge is 0.463 e. The number of hydrogen-bond donors (Lipinski definition) is 1. The van der Waals surface area contributed by atoms with Crippen LogP contribution in [0.25, 0.3) is 5.69 Å². The van der Waals surface area contributed by atoms with E-state index in [9.17, 15) is 14.3 Å². The number of esters is 1. The molecular weight excluding hydrogens is 461 g/mol. The molecule has 1 unspecified atom stereocenters. The molecule has 0 saturated carbocycles. The molecule has 36 heavy (non-hydrogen) atoms. The third kappa shape index (κ3) is 7.38. The molecule has 2 aromatic carbocycles. The Morgan fingerprint density at radius 1 is 1.11 bits per heavy atom. The Hall–Kier alpha value is -3.23. The molecule has 1 atom stereocenters. The lowest BCUT2D eigenvalue weighted by Gasteiger charge is -2.29.